The number of pyridine rings is 2. The number of hydrogen-bond acceptors (Lipinski definition) is 2. The Morgan fingerprint density at radius 1 is 1.20 bits per heavy atom. The van der Waals surface area contributed by atoms with Crippen molar-refractivity contribution in [2.75, 3.05) is 0 Å². The van der Waals surface area contributed by atoms with Gasteiger partial charge < -0.3 is 4.98 Å². The minimum atomic E-state index is -4.50. The van der Waals surface area contributed by atoms with Crippen molar-refractivity contribution in [3.8, 4) is 11.4 Å². The first-order valence-electron chi connectivity index (χ1n) is 6.24. The molecule has 0 aromatic rings. The van der Waals surface area contributed by atoms with E-state index < -0.39 is 17.4 Å². The van der Waals surface area contributed by atoms with Crippen molar-refractivity contribution in [3.63, 3.8) is 0 Å². The first kappa shape index (κ1) is 14.6. The summed E-state index contributed by atoms with van der Waals surface area (Å²) in [4.78, 5) is 17.8. The Morgan fingerprint density at radius 2 is 1.80 bits per heavy atom. The van der Waals surface area contributed by atoms with Crippen LogP contribution in [-0.2, 0) is 6.18 Å². The number of aromatic nitrogens is 2. The Balaban J connectivity index is 2.85. The van der Waals surface area contributed by atoms with Gasteiger partial charge in [0, 0.05) is 11.1 Å². The van der Waals surface area contributed by atoms with Crippen LogP contribution in [0.3, 0.4) is 0 Å². The van der Waals surface area contributed by atoms with E-state index in [0.29, 0.717) is 16.7 Å². The third-order valence-corrected chi connectivity index (χ3v) is 3.51. The number of halogens is 3. The summed E-state index contributed by atoms with van der Waals surface area (Å²) < 4.78 is 38.8. The molecule has 0 aromatic carbocycles. The van der Waals surface area contributed by atoms with Crippen molar-refractivity contribution in [3.05, 3.63) is 38.8 Å². The molecule has 0 amide bonds. The minimum absolute atomic E-state index is 0.0187. The average molecular weight is 284 g/mol. The normalized spacial score (nSPS) is 12.4. The summed E-state index contributed by atoms with van der Waals surface area (Å²) >= 11 is 0. The molecule has 20 heavy (non-hydrogen) atoms. The lowest BCUT2D eigenvalue weighted by Crippen LogP contribution is -2.20. The maximum atomic E-state index is 12.9. The van der Waals surface area contributed by atoms with Crippen molar-refractivity contribution in [2.45, 2.75) is 39.8 Å². The molecule has 0 saturated heterocycles. The van der Waals surface area contributed by atoms with Crippen LogP contribution in [0, 0.1) is 13.8 Å². The highest BCUT2D eigenvalue weighted by atomic mass is 19.4. The number of fused-ring (bicyclic) bond motifs is 1. The van der Waals surface area contributed by atoms with E-state index in [4.69, 9.17) is 0 Å². The summed E-state index contributed by atoms with van der Waals surface area (Å²) in [5.74, 6) is -0.0452. The van der Waals surface area contributed by atoms with Gasteiger partial charge in [0.2, 0.25) is 0 Å². The monoisotopic (exact) mass is 284 g/mol. The zero-order valence-electron chi connectivity index (χ0n) is 11.6. The molecule has 2 heterocycles. The highest BCUT2D eigenvalue weighted by Gasteiger charge is 2.35. The van der Waals surface area contributed by atoms with Crippen LogP contribution in [0.2, 0.25) is 0 Å². The van der Waals surface area contributed by atoms with Gasteiger partial charge in [-0.05, 0) is 37.0 Å². The lowest BCUT2D eigenvalue weighted by atomic mass is 9.96. The summed E-state index contributed by atoms with van der Waals surface area (Å²) in [6.45, 7) is 6.71. The van der Waals surface area contributed by atoms with Gasteiger partial charge >= 0.3 is 6.18 Å². The number of alkyl halides is 3. The average Bonchev–Trinajstić information content (AvgIpc) is 2.31. The maximum absolute atomic E-state index is 12.9. The molecule has 1 N–H and O–H groups in total. The molecule has 0 atom stereocenters. The van der Waals surface area contributed by atoms with E-state index in [1.165, 1.54) is 6.92 Å². The van der Waals surface area contributed by atoms with Gasteiger partial charge in [-0.2, -0.15) is 18.2 Å². The van der Waals surface area contributed by atoms with Crippen LogP contribution in [0.5, 0.6) is 0 Å². The second kappa shape index (κ2) is 4.61. The third-order valence-electron chi connectivity index (χ3n) is 3.51. The van der Waals surface area contributed by atoms with E-state index in [0.717, 1.165) is 0 Å². The van der Waals surface area contributed by atoms with Gasteiger partial charge in [0.1, 0.15) is 11.5 Å². The zero-order chi connectivity index (χ0) is 15.2. The molecule has 0 radical (unpaired) electrons. The van der Waals surface area contributed by atoms with E-state index in [-0.39, 0.29) is 17.3 Å². The summed E-state index contributed by atoms with van der Waals surface area (Å²) in [7, 11) is 0. The minimum Gasteiger partial charge on any atom is -0.335 e. The second-order valence-corrected chi connectivity index (χ2v) is 5.18. The Morgan fingerprint density at radius 3 is 2.30 bits per heavy atom. The first-order chi connectivity index (χ1) is 9.12. The van der Waals surface area contributed by atoms with Gasteiger partial charge in [-0.1, -0.05) is 13.8 Å². The van der Waals surface area contributed by atoms with Crippen LogP contribution < -0.4 is 5.56 Å². The van der Waals surface area contributed by atoms with E-state index in [1.54, 1.807) is 13.0 Å². The first-order valence-corrected chi connectivity index (χ1v) is 6.24. The van der Waals surface area contributed by atoms with E-state index in [9.17, 15) is 18.0 Å². The molecule has 0 aliphatic carbocycles. The number of aromatic amines is 1. The molecule has 0 bridgehead atoms. The van der Waals surface area contributed by atoms with Crippen LogP contribution >= 0.6 is 0 Å². The molecule has 2 aliphatic heterocycles. The van der Waals surface area contributed by atoms with Gasteiger partial charge in [-0.3, -0.25) is 4.79 Å². The van der Waals surface area contributed by atoms with Crippen molar-refractivity contribution < 1.29 is 13.2 Å². The molecular formula is C14H15F3N2O. The van der Waals surface area contributed by atoms with Crippen LogP contribution in [-0.4, -0.2) is 9.97 Å². The topological polar surface area (TPSA) is 45.8 Å². The van der Waals surface area contributed by atoms with E-state index >= 15 is 0 Å². The second-order valence-electron chi connectivity index (χ2n) is 5.18. The Hall–Kier alpha value is -1.85. The summed E-state index contributed by atoms with van der Waals surface area (Å²) in [5.41, 5.74) is 0.333. The largest absolute Gasteiger partial charge is 0.431 e. The molecule has 0 fully saturated rings. The molecule has 0 aromatic heterocycles. The maximum Gasteiger partial charge on any atom is 0.431 e. The van der Waals surface area contributed by atoms with Crippen molar-refractivity contribution in [1.82, 2.24) is 9.97 Å². The molecule has 2 rings (SSSR count). The molecule has 0 spiro atoms. The molecule has 0 unspecified atom stereocenters. The molecule has 2 aliphatic rings. The van der Waals surface area contributed by atoms with Crippen LogP contribution in [0.4, 0.5) is 13.2 Å². The summed E-state index contributed by atoms with van der Waals surface area (Å²) in [6, 6.07) is 1.63. The zero-order valence-corrected chi connectivity index (χ0v) is 11.6. The Bertz CT molecular complexity index is 686. The predicted octanol–water partition coefficient (Wildman–Crippen LogP) is 3.63. The number of H-pyrrole nitrogens is 1. The van der Waals surface area contributed by atoms with Gasteiger partial charge in [0.25, 0.3) is 5.56 Å². The number of rotatable bonds is 1. The smallest absolute Gasteiger partial charge is 0.335 e. The molecular weight excluding hydrogens is 269 g/mol. The standard InChI is InChI=1S/C14H15F3N2O/c1-6(2)9-5-10-7(3)8(4)11(14(15,16)17)18-12(10)19-13(9)20/h5-6H,1-4H3,(H,18,19,20). The van der Waals surface area contributed by atoms with Crippen LogP contribution in [0.1, 0.15) is 42.1 Å². The molecule has 108 valence electrons. The fraction of sp³-hybridized carbons (Fsp3) is 0.429. The van der Waals surface area contributed by atoms with Crippen LogP contribution in [0.15, 0.2) is 10.9 Å². The molecule has 3 nitrogen and oxygen atoms in total. The van der Waals surface area contributed by atoms with Gasteiger partial charge in [-0.15, -0.1) is 0 Å². The summed E-state index contributed by atoms with van der Waals surface area (Å²) in [6.07, 6.45) is -4.50. The predicted molar refractivity (Wildman–Crippen MR) is 70.0 cm³/mol. The fourth-order valence-electron chi connectivity index (χ4n) is 2.19. The van der Waals surface area contributed by atoms with Crippen LogP contribution in [0.25, 0.3) is 11.4 Å². The van der Waals surface area contributed by atoms with Gasteiger partial charge in [0.05, 0.1) is 0 Å². The van der Waals surface area contributed by atoms with E-state index in [2.05, 4.69) is 9.97 Å². The lowest BCUT2D eigenvalue weighted by Gasteiger charge is -2.18. The number of hydrogen-bond donors (Lipinski definition) is 1. The summed E-state index contributed by atoms with van der Waals surface area (Å²) in [5, 5.41) is 0. The van der Waals surface area contributed by atoms with Crippen molar-refractivity contribution in [2.24, 2.45) is 0 Å². The SMILES string of the molecule is Cc1c2cc(C(C)C)c(=O)nc-2[nH]c(C(F)(F)F)c1C. The quantitative estimate of drug-likeness (QED) is 0.869. The highest BCUT2D eigenvalue weighted by molar-refractivity contribution is 5.65. The Labute approximate surface area is 114 Å². The number of nitrogens with zero attached hydrogens (tertiary/aromatic N) is 1. The number of nitrogens with one attached hydrogen (secondary N) is 1. The fourth-order valence-corrected chi connectivity index (χ4v) is 2.19. The van der Waals surface area contributed by atoms with E-state index in [1.807, 2.05) is 13.8 Å². The van der Waals surface area contributed by atoms with Crippen molar-refractivity contribution >= 4 is 0 Å². The molecule has 6 heteroatoms. The van der Waals surface area contributed by atoms with Gasteiger partial charge in [-0.25, -0.2) is 0 Å². The Kier molecular flexibility index (Phi) is 3.36. The van der Waals surface area contributed by atoms with Crippen molar-refractivity contribution in [1.29, 1.82) is 0 Å². The lowest BCUT2D eigenvalue weighted by molar-refractivity contribution is -0.141. The molecule has 0 saturated carbocycles. The highest BCUT2D eigenvalue weighted by Crippen LogP contribution is 2.36. The van der Waals surface area contributed by atoms with Gasteiger partial charge in [0.15, 0.2) is 0 Å². The third kappa shape index (κ3) is 2.30.